The Morgan fingerprint density at radius 1 is 1.24 bits per heavy atom. The number of nitrogens with zero attached hydrogens (tertiary/aromatic N) is 3. The third-order valence-corrected chi connectivity index (χ3v) is 5.22. The average Bonchev–Trinajstić information content (AvgIpc) is 2.59. The molecule has 122 valence electrons. The first-order valence-corrected chi connectivity index (χ1v) is 8.64. The van der Waals surface area contributed by atoms with E-state index in [1.54, 1.807) is 0 Å². The van der Waals surface area contributed by atoms with E-state index in [0.29, 0.717) is 19.1 Å². The summed E-state index contributed by atoms with van der Waals surface area (Å²) in [6.45, 7) is 5.48. The number of hydrogen-bond acceptors (Lipinski definition) is 4. The summed E-state index contributed by atoms with van der Waals surface area (Å²) in [4.78, 5) is 16.5. The fourth-order valence-electron chi connectivity index (χ4n) is 4.08. The van der Waals surface area contributed by atoms with Crippen molar-refractivity contribution in [3.8, 4) is 0 Å². The van der Waals surface area contributed by atoms with Gasteiger partial charge in [0.2, 0.25) is 5.54 Å². The van der Waals surface area contributed by atoms with Gasteiger partial charge in [0, 0.05) is 23.9 Å². The van der Waals surface area contributed by atoms with E-state index in [2.05, 4.69) is 23.8 Å². The topological polar surface area (TPSA) is 49.6 Å². The van der Waals surface area contributed by atoms with Gasteiger partial charge < -0.3 is 0 Å². The van der Waals surface area contributed by atoms with E-state index in [1.807, 2.05) is 0 Å². The van der Waals surface area contributed by atoms with Crippen molar-refractivity contribution in [1.29, 1.82) is 0 Å². The van der Waals surface area contributed by atoms with Crippen LogP contribution in [0.4, 0.5) is 0 Å². The van der Waals surface area contributed by atoms with Crippen molar-refractivity contribution in [1.82, 2.24) is 9.80 Å². The first-order chi connectivity index (χ1) is 10.1. The normalized spacial score (nSPS) is 31.6. The van der Waals surface area contributed by atoms with E-state index in [0.717, 1.165) is 32.4 Å². The van der Waals surface area contributed by atoms with Crippen LogP contribution in [0.1, 0.15) is 58.3 Å². The number of rotatable bonds is 6. The lowest BCUT2D eigenvalue weighted by Crippen LogP contribution is -2.53. The molecule has 2 saturated heterocycles. The summed E-state index contributed by atoms with van der Waals surface area (Å²) in [7, 11) is 2.06. The van der Waals surface area contributed by atoms with Gasteiger partial charge in [-0.3, -0.25) is 19.9 Å². The number of piperidine rings is 1. The lowest BCUT2D eigenvalue weighted by Gasteiger charge is -2.36. The number of nitro groups is 1. The lowest BCUT2D eigenvalue weighted by molar-refractivity contribution is -0.571. The maximum Gasteiger partial charge on any atom is 0.247 e. The van der Waals surface area contributed by atoms with Crippen LogP contribution in [0, 0.1) is 10.1 Å². The van der Waals surface area contributed by atoms with Crippen molar-refractivity contribution in [2.75, 3.05) is 33.2 Å². The fourth-order valence-corrected chi connectivity index (χ4v) is 4.08. The second-order valence-electron chi connectivity index (χ2n) is 7.11. The van der Waals surface area contributed by atoms with E-state index in [-0.39, 0.29) is 4.92 Å². The van der Waals surface area contributed by atoms with Crippen molar-refractivity contribution in [2.45, 2.75) is 69.9 Å². The molecule has 2 aliphatic heterocycles. The highest BCUT2D eigenvalue weighted by Crippen LogP contribution is 2.29. The van der Waals surface area contributed by atoms with E-state index in [9.17, 15) is 10.1 Å². The summed E-state index contributed by atoms with van der Waals surface area (Å²) in [5.41, 5.74) is -0.755. The highest BCUT2D eigenvalue weighted by Gasteiger charge is 2.48. The van der Waals surface area contributed by atoms with Crippen molar-refractivity contribution in [3.05, 3.63) is 10.1 Å². The Morgan fingerprint density at radius 2 is 2.05 bits per heavy atom. The Balaban J connectivity index is 2.08. The molecule has 2 heterocycles. The molecule has 2 unspecified atom stereocenters. The predicted octanol–water partition coefficient (Wildman–Crippen LogP) is 2.77. The summed E-state index contributed by atoms with van der Waals surface area (Å²) in [6.07, 6.45) is 8.89. The van der Waals surface area contributed by atoms with Crippen LogP contribution in [0.15, 0.2) is 0 Å². The first-order valence-electron chi connectivity index (χ1n) is 8.64. The van der Waals surface area contributed by atoms with Gasteiger partial charge in [0.15, 0.2) is 0 Å². The van der Waals surface area contributed by atoms with Crippen molar-refractivity contribution < 1.29 is 4.92 Å². The Morgan fingerprint density at radius 3 is 2.76 bits per heavy atom. The zero-order valence-corrected chi connectivity index (χ0v) is 13.7. The van der Waals surface area contributed by atoms with Crippen LogP contribution in [-0.4, -0.2) is 59.5 Å². The Hall–Kier alpha value is -0.680. The Labute approximate surface area is 128 Å². The van der Waals surface area contributed by atoms with Gasteiger partial charge in [-0.15, -0.1) is 0 Å². The van der Waals surface area contributed by atoms with Crippen LogP contribution >= 0.6 is 0 Å². The van der Waals surface area contributed by atoms with Gasteiger partial charge in [-0.2, -0.15) is 0 Å². The first kappa shape index (κ1) is 16.7. The minimum absolute atomic E-state index is 0.0342. The van der Waals surface area contributed by atoms with Crippen LogP contribution < -0.4 is 0 Å². The molecule has 0 bridgehead atoms. The summed E-state index contributed by atoms with van der Waals surface area (Å²) in [5.74, 6) is 0. The molecule has 2 aliphatic rings. The summed E-state index contributed by atoms with van der Waals surface area (Å²) in [5, 5.41) is 11.9. The van der Waals surface area contributed by atoms with Crippen molar-refractivity contribution in [2.24, 2.45) is 0 Å². The molecule has 0 aromatic heterocycles. The molecule has 2 atom stereocenters. The van der Waals surface area contributed by atoms with Crippen LogP contribution in [0.3, 0.4) is 0 Å². The third-order valence-electron chi connectivity index (χ3n) is 5.22. The van der Waals surface area contributed by atoms with Crippen molar-refractivity contribution >= 4 is 0 Å². The second-order valence-corrected chi connectivity index (χ2v) is 7.11. The van der Waals surface area contributed by atoms with Crippen LogP contribution in [-0.2, 0) is 0 Å². The van der Waals surface area contributed by atoms with Gasteiger partial charge in [-0.25, -0.2) is 0 Å². The van der Waals surface area contributed by atoms with Gasteiger partial charge in [-0.05, 0) is 32.9 Å². The molecule has 0 saturated carbocycles. The lowest BCUT2D eigenvalue weighted by atomic mass is 9.90. The minimum Gasteiger partial charge on any atom is -0.298 e. The molecular formula is C16H31N3O2. The van der Waals surface area contributed by atoms with Crippen LogP contribution in [0.2, 0.25) is 0 Å². The minimum atomic E-state index is -0.755. The molecule has 0 radical (unpaired) electrons. The molecule has 0 aliphatic carbocycles. The molecule has 5 nitrogen and oxygen atoms in total. The standard InChI is InChI=1S/C16H31N3O2/c1-3-4-5-7-10-16(19(20)21)13-17(2)12-15-9-6-8-11-18(15)14-16/h15H,3-14H2,1-2H3. The van der Waals surface area contributed by atoms with Gasteiger partial charge in [0.25, 0.3) is 0 Å². The maximum atomic E-state index is 11.9. The Bertz CT molecular complexity index is 350. The average molecular weight is 297 g/mol. The molecule has 0 spiro atoms. The smallest absolute Gasteiger partial charge is 0.247 e. The van der Waals surface area contributed by atoms with E-state index >= 15 is 0 Å². The van der Waals surface area contributed by atoms with Gasteiger partial charge in [-0.1, -0.05) is 32.6 Å². The molecular weight excluding hydrogens is 266 g/mol. The summed E-state index contributed by atoms with van der Waals surface area (Å²) >= 11 is 0. The summed E-state index contributed by atoms with van der Waals surface area (Å²) < 4.78 is 0. The van der Waals surface area contributed by atoms with Gasteiger partial charge in [0.05, 0.1) is 13.1 Å². The molecule has 0 amide bonds. The molecule has 5 heteroatoms. The highest BCUT2D eigenvalue weighted by molar-refractivity contribution is 4.94. The highest BCUT2D eigenvalue weighted by atomic mass is 16.6. The fraction of sp³-hybridized carbons (Fsp3) is 1.00. The summed E-state index contributed by atoms with van der Waals surface area (Å²) in [6, 6.07) is 0.529. The maximum absolute atomic E-state index is 11.9. The van der Waals surface area contributed by atoms with E-state index in [4.69, 9.17) is 0 Å². The molecule has 21 heavy (non-hydrogen) atoms. The largest absolute Gasteiger partial charge is 0.298 e. The number of unbranched alkanes of at least 4 members (excludes halogenated alkanes) is 3. The zero-order valence-electron chi connectivity index (χ0n) is 13.7. The van der Waals surface area contributed by atoms with Crippen LogP contribution in [0.5, 0.6) is 0 Å². The second kappa shape index (κ2) is 7.54. The van der Waals surface area contributed by atoms with Crippen LogP contribution in [0.25, 0.3) is 0 Å². The zero-order chi connectivity index (χ0) is 15.3. The van der Waals surface area contributed by atoms with E-state index in [1.165, 1.54) is 32.1 Å². The Kier molecular flexibility index (Phi) is 5.99. The molecule has 2 fully saturated rings. The molecule has 0 aromatic rings. The number of likely N-dealkylation sites (N-methyl/N-ethyl adjacent to an activating group) is 1. The molecule has 2 rings (SSSR count). The predicted molar refractivity (Wildman–Crippen MR) is 85.2 cm³/mol. The van der Waals surface area contributed by atoms with Gasteiger partial charge in [0.1, 0.15) is 0 Å². The van der Waals surface area contributed by atoms with Gasteiger partial charge >= 0.3 is 0 Å². The quantitative estimate of drug-likeness (QED) is 0.430. The van der Waals surface area contributed by atoms with Crippen molar-refractivity contribution in [3.63, 3.8) is 0 Å². The molecule has 0 aromatic carbocycles. The number of fused-ring (bicyclic) bond motifs is 1. The van der Waals surface area contributed by atoms with E-state index < -0.39 is 5.54 Å². The third kappa shape index (κ3) is 4.16. The number of hydrogen-bond donors (Lipinski definition) is 0. The SMILES string of the molecule is CCCCCCC1([N+](=O)[O-])CN(C)CC2CCCCN2C1. The molecule has 0 N–H and O–H groups in total. The monoisotopic (exact) mass is 297 g/mol.